The maximum atomic E-state index is 13.1. The number of esters is 1. The molecule has 0 bridgehead atoms. The van der Waals surface area contributed by atoms with Crippen molar-refractivity contribution in [3.05, 3.63) is 59.2 Å². The van der Waals surface area contributed by atoms with E-state index in [0.29, 0.717) is 22.6 Å². The van der Waals surface area contributed by atoms with Crippen LogP contribution < -0.4 is 20.1 Å². The molecule has 0 aromatic heterocycles. The van der Waals surface area contributed by atoms with Crippen molar-refractivity contribution >= 4 is 17.7 Å². The summed E-state index contributed by atoms with van der Waals surface area (Å²) in [6.45, 7) is 3.50. The van der Waals surface area contributed by atoms with E-state index in [2.05, 4.69) is 10.6 Å². The third-order valence-corrected chi connectivity index (χ3v) is 4.55. The molecule has 3 rings (SSSR count). The SMILES string of the molecule is COc1ccc(C2=C(C(=O)OC(C)C)C(c3ccc(O)c(OC)c3)NC(=O)N2)cc1. The molecule has 1 aliphatic heterocycles. The molecule has 0 spiro atoms. The predicted molar refractivity (Wildman–Crippen MR) is 110 cm³/mol. The van der Waals surface area contributed by atoms with Crippen molar-refractivity contribution in [1.82, 2.24) is 10.6 Å². The summed E-state index contributed by atoms with van der Waals surface area (Å²) in [6.07, 6.45) is -0.352. The Labute approximate surface area is 174 Å². The minimum absolute atomic E-state index is 0.0489. The van der Waals surface area contributed by atoms with Crippen LogP contribution in [0.1, 0.15) is 31.0 Å². The van der Waals surface area contributed by atoms with Gasteiger partial charge in [-0.05, 0) is 61.4 Å². The number of aromatic hydroxyl groups is 1. The van der Waals surface area contributed by atoms with Gasteiger partial charge < -0.3 is 30.0 Å². The zero-order valence-electron chi connectivity index (χ0n) is 17.2. The first-order chi connectivity index (χ1) is 14.3. The van der Waals surface area contributed by atoms with Crippen molar-refractivity contribution in [3.63, 3.8) is 0 Å². The van der Waals surface area contributed by atoms with Crippen molar-refractivity contribution < 1.29 is 28.9 Å². The quantitative estimate of drug-likeness (QED) is 0.630. The van der Waals surface area contributed by atoms with Crippen LogP contribution in [0.3, 0.4) is 0 Å². The molecule has 8 nitrogen and oxygen atoms in total. The predicted octanol–water partition coefficient (Wildman–Crippen LogP) is 3.13. The van der Waals surface area contributed by atoms with E-state index in [4.69, 9.17) is 14.2 Å². The lowest BCUT2D eigenvalue weighted by molar-refractivity contribution is -0.143. The van der Waals surface area contributed by atoms with Gasteiger partial charge in [0.15, 0.2) is 11.5 Å². The Balaban J connectivity index is 2.18. The Hall–Kier alpha value is -3.68. The second-order valence-electron chi connectivity index (χ2n) is 6.93. The van der Waals surface area contributed by atoms with Gasteiger partial charge in [0, 0.05) is 0 Å². The van der Waals surface area contributed by atoms with Gasteiger partial charge in [-0.25, -0.2) is 9.59 Å². The van der Waals surface area contributed by atoms with Crippen LogP contribution in [0.5, 0.6) is 17.2 Å². The number of carbonyl (C=O) groups excluding carboxylic acids is 2. The normalized spacial score (nSPS) is 16.0. The van der Waals surface area contributed by atoms with Gasteiger partial charge in [0.1, 0.15) is 5.75 Å². The number of benzene rings is 2. The molecule has 3 N–H and O–H groups in total. The van der Waals surface area contributed by atoms with Crippen LogP contribution in [0.15, 0.2) is 48.0 Å². The smallest absolute Gasteiger partial charge is 0.338 e. The number of carbonyl (C=O) groups is 2. The second kappa shape index (κ2) is 8.77. The highest BCUT2D eigenvalue weighted by atomic mass is 16.5. The third kappa shape index (κ3) is 4.32. The summed E-state index contributed by atoms with van der Waals surface area (Å²) in [5.74, 6) is 0.251. The van der Waals surface area contributed by atoms with Crippen molar-refractivity contribution in [2.24, 2.45) is 0 Å². The van der Waals surface area contributed by atoms with E-state index in [-0.39, 0.29) is 23.2 Å². The van der Waals surface area contributed by atoms with Crippen molar-refractivity contribution in [2.45, 2.75) is 26.0 Å². The van der Waals surface area contributed by atoms with Gasteiger partial charge >= 0.3 is 12.0 Å². The van der Waals surface area contributed by atoms with Crippen LogP contribution in [0.2, 0.25) is 0 Å². The summed E-state index contributed by atoms with van der Waals surface area (Å²) >= 11 is 0. The number of methoxy groups -OCH3 is 2. The third-order valence-electron chi connectivity index (χ3n) is 4.55. The molecule has 1 unspecified atom stereocenters. The largest absolute Gasteiger partial charge is 0.504 e. The summed E-state index contributed by atoms with van der Waals surface area (Å²) in [5.41, 5.74) is 1.75. The maximum absolute atomic E-state index is 13.1. The fourth-order valence-electron chi connectivity index (χ4n) is 3.17. The number of ether oxygens (including phenoxy) is 3. The van der Waals surface area contributed by atoms with Gasteiger partial charge in [0.2, 0.25) is 0 Å². The van der Waals surface area contributed by atoms with Crippen LogP contribution in [0, 0.1) is 0 Å². The number of hydrogen-bond donors (Lipinski definition) is 3. The van der Waals surface area contributed by atoms with Crippen molar-refractivity contribution in [2.75, 3.05) is 14.2 Å². The molecule has 30 heavy (non-hydrogen) atoms. The fourth-order valence-corrected chi connectivity index (χ4v) is 3.17. The van der Waals surface area contributed by atoms with Crippen LogP contribution in [-0.4, -0.2) is 37.4 Å². The average molecular weight is 412 g/mol. The van der Waals surface area contributed by atoms with Gasteiger partial charge in [-0.1, -0.05) is 6.07 Å². The summed E-state index contributed by atoms with van der Waals surface area (Å²) in [4.78, 5) is 25.5. The molecule has 0 radical (unpaired) electrons. The van der Waals surface area contributed by atoms with E-state index >= 15 is 0 Å². The van der Waals surface area contributed by atoms with Crippen molar-refractivity contribution in [1.29, 1.82) is 0 Å². The number of urea groups is 1. The summed E-state index contributed by atoms with van der Waals surface area (Å²) < 4.78 is 15.8. The average Bonchev–Trinajstić information content (AvgIpc) is 2.73. The van der Waals surface area contributed by atoms with E-state index in [1.807, 2.05) is 0 Å². The Kier molecular flexibility index (Phi) is 6.15. The highest BCUT2D eigenvalue weighted by Crippen LogP contribution is 2.36. The van der Waals surface area contributed by atoms with Crippen LogP contribution in [0.4, 0.5) is 4.79 Å². The lowest BCUT2D eigenvalue weighted by Crippen LogP contribution is -2.45. The van der Waals surface area contributed by atoms with E-state index in [1.165, 1.54) is 13.2 Å². The number of phenolic OH excluding ortho intramolecular Hbond substituents is 1. The molecule has 0 fully saturated rings. The lowest BCUT2D eigenvalue weighted by atomic mass is 9.92. The summed E-state index contributed by atoms with van der Waals surface area (Å²) in [6, 6.07) is 10.3. The monoisotopic (exact) mass is 412 g/mol. The maximum Gasteiger partial charge on any atom is 0.338 e. The number of nitrogens with one attached hydrogen (secondary N) is 2. The fraction of sp³-hybridized carbons (Fsp3) is 0.273. The van der Waals surface area contributed by atoms with Gasteiger partial charge in [-0.2, -0.15) is 0 Å². The van der Waals surface area contributed by atoms with Gasteiger partial charge in [0.05, 0.1) is 37.6 Å². The summed E-state index contributed by atoms with van der Waals surface area (Å²) in [7, 11) is 2.98. The first-order valence-electron chi connectivity index (χ1n) is 9.38. The van der Waals surface area contributed by atoms with Crippen LogP contribution in [-0.2, 0) is 9.53 Å². The Morgan fingerprint density at radius 2 is 1.77 bits per heavy atom. The first-order valence-corrected chi connectivity index (χ1v) is 9.38. The zero-order valence-corrected chi connectivity index (χ0v) is 17.2. The minimum atomic E-state index is -0.809. The molecule has 2 aromatic carbocycles. The van der Waals surface area contributed by atoms with Gasteiger partial charge in [0.25, 0.3) is 0 Å². The van der Waals surface area contributed by atoms with Crippen molar-refractivity contribution in [3.8, 4) is 17.2 Å². The molecule has 1 heterocycles. The van der Waals surface area contributed by atoms with E-state index < -0.39 is 18.0 Å². The standard InChI is InChI=1S/C22H24N2O6/c1-12(2)30-21(26)18-19(13-5-8-15(28-3)9-6-13)23-22(27)24-20(18)14-7-10-16(25)17(11-14)29-4/h5-12,20,25H,1-4H3,(H2,23,24,27). The van der Waals surface area contributed by atoms with E-state index in [0.717, 1.165) is 0 Å². The second-order valence-corrected chi connectivity index (χ2v) is 6.93. The number of phenols is 1. The Morgan fingerprint density at radius 3 is 2.37 bits per heavy atom. The lowest BCUT2D eigenvalue weighted by Gasteiger charge is -2.30. The molecular weight excluding hydrogens is 388 g/mol. The molecule has 2 amide bonds. The van der Waals surface area contributed by atoms with Crippen LogP contribution >= 0.6 is 0 Å². The van der Waals surface area contributed by atoms with Gasteiger partial charge in [-0.15, -0.1) is 0 Å². The summed E-state index contributed by atoms with van der Waals surface area (Å²) in [5, 5.41) is 15.4. The van der Waals surface area contributed by atoms with E-state index in [1.54, 1.807) is 57.4 Å². The molecular formula is C22H24N2O6. The Morgan fingerprint density at radius 1 is 1.07 bits per heavy atom. The highest BCUT2D eigenvalue weighted by Gasteiger charge is 2.35. The number of hydrogen-bond acceptors (Lipinski definition) is 6. The Bertz CT molecular complexity index is 982. The van der Waals surface area contributed by atoms with Crippen LogP contribution in [0.25, 0.3) is 5.70 Å². The number of rotatable bonds is 6. The molecule has 0 saturated carbocycles. The number of amides is 2. The molecule has 0 saturated heterocycles. The molecule has 0 aliphatic carbocycles. The molecule has 158 valence electrons. The minimum Gasteiger partial charge on any atom is -0.504 e. The topological polar surface area (TPSA) is 106 Å². The molecule has 1 aliphatic rings. The molecule has 8 heteroatoms. The zero-order chi connectivity index (χ0) is 21.8. The van der Waals surface area contributed by atoms with Gasteiger partial charge in [-0.3, -0.25) is 0 Å². The van der Waals surface area contributed by atoms with E-state index in [9.17, 15) is 14.7 Å². The first kappa shape index (κ1) is 21.0. The highest BCUT2D eigenvalue weighted by molar-refractivity contribution is 6.04. The molecule has 2 aromatic rings. The molecule has 1 atom stereocenters.